The fourth-order valence-electron chi connectivity index (χ4n) is 3.11. The largest absolute Gasteiger partial charge is 0.496 e. The van der Waals surface area contributed by atoms with E-state index < -0.39 is 5.41 Å². The summed E-state index contributed by atoms with van der Waals surface area (Å²) in [5, 5.41) is 12.6. The molecule has 0 radical (unpaired) electrons. The highest BCUT2D eigenvalue weighted by Gasteiger charge is 2.51. The van der Waals surface area contributed by atoms with Crippen LogP contribution in [-0.4, -0.2) is 30.8 Å². The van der Waals surface area contributed by atoms with Crippen LogP contribution in [0.1, 0.15) is 51.2 Å². The van der Waals surface area contributed by atoms with Crippen LogP contribution in [0.2, 0.25) is 0 Å². The lowest BCUT2D eigenvalue weighted by molar-refractivity contribution is -0.124. The van der Waals surface area contributed by atoms with Gasteiger partial charge in [0.1, 0.15) is 5.75 Å². The van der Waals surface area contributed by atoms with Crippen molar-refractivity contribution in [1.29, 1.82) is 0 Å². The van der Waals surface area contributed by atoms with Gasteiger partial charge in [-0.2, -0.15) is 0 Å². The number of rotatable bonds is 6. The lowest BCUT2D eigenvalue weighted by Crippen LogP contribution is -2.45. The Kier molecular flexibility index (Phi) is 5.04. The van der Waals surface area contributed by atoms with Gasteiger partial charge in [-0.1, -0.05) is 32.9 Å². The van der Waals surface area contributed by atoms with Gasteiger partial charge in [-0.15, -0.1) is 0 Å². The zero-order valence-corrected chi connectivity index (χ0v) is 14.9. The van der Waals surface area contributed by atoms with E-state index >= 15 is 0 Å². The zero-order chi connectivity index (χ0) is 17.3. The van der Waals surface area contributed by atoms with Crippen LogP contribution in [0.15, 0.2) is 18.2 Å². The number of methoxy groups -OCH3 is 1. The van der Waals surface area contributed by atoms with E-state index in [1.807, 2.05) is 25.1 Å². The summed E-state index contributed by atoms with van der Waals surface area (Å²) in [5.74, 6) is 0.835. The molecule has 1 aromatic rings. The first-order chi connectivity index (χ1) is 10.7. The number of aliphatic hydroxyl groups excluding tert-OH is 1. The molecule has 4 heteroatoms. The van der Waals surface area contributed by atoms with Gasteiger partial charge in [0.25, 0.3) is 0 Å². The second-order valence-electron chi connectivity index (χ2n) is 7.88. The van der Waals surface area contributed by atoms with Crippen molar-refractivity contribution < 1.29 is 14.6 Å². The second-order valence-corrected chi connectivity index (χ2v) is 7.88. The molecular formula is C19H29NO3. The van der Waals surface area contributed by atoms with Gasteiger partial charge in [-0.25, -0.2) is 0 Å². The minimum Gasteiger partial charge on any atom is -0.496 e. The Hall–Kier alpha value is -1.55. The number of carbonyl (C=O) groups excluding carboxylic acids is 1. The molecule has 1 aromatic carbocycles. The minimum absolute atomic E-state index is 0.0201. The van der Waals surface area contributed by atoms with Crippen LogP contribution in [0.4, 0.5) is 0 Å². The third-order valence-corrected chi connectivity index (χ3v) is 4.56. The molecule has 1 aliphatic rings. The van der Waals surface area contributed by atoms with Crippen molar-refractivity contribution in [3.63, 3.8) is 0 Å². The molecule has 1 atom stereocenters. The fourth-order valence-corrected chi connectivity index (χ4v) is 3.11. The maximum atomic E-state index is 12.8. The molecule has 2 rings (SSSR count). The smallest absolute Gasteiger partial charge is 0.230 e. The third kappa shape index (κ3) is 4.05. The standard InChI is InChI=1S/C19H29NO3/c1-13-6-7-14(10-16(13)23-5)19(8-9-19)17(22)20-15(12-21)11-18(2,3)4/h6-7,10,15,21H,8-9,11-12H2,1-5H3,(H,20,22). The van der Waals surface area contributed by atoms with Gasteiger partial charge in [0.05, 0.1) is 25.2 Å². The first-order valence-corrected chi connectivity index (χ1v) is 8.29. The second kappa shape index (κ2) is 6.52. The molecular weight excluding hydrogens is 290 g/mol. The fraction of sp³-hybridized carbons (Fsp3) is 0.632. The highest BCUT2D eigenvalue weighted by molar-refractivity contribution is 5.91. The topological polar surface area (TPSA) is 58.6 Å². The van der Waals surface area contributed by atoms with Gasteiger partial charge in [0.2, 0.25) is 5.91 Å². The number of amides is 1. The summed E-state index contributed by atoms with van der Waals surface area (Å²) in [5.41, 5.74) is 1.68. The van der Waals surface area contributed by atoms with Crippen LogP contribution < -0.4 is 10.1 Å². The molecule has 0 spiro atoms. The molecule has 0 heterocycles. The van der Waals surface area contributed by atoms with E-state index in [1.54, 1.807) is 7.11 Å². The molecule has 4 nitrogen and oxygen atoms in total. The molecule has 0 aromatic heterocycles. The lowest BCUT2D eigenvalue weighted by Gasteiger charge is -2.27. The number of aryl methyl sites for hydroxylation is 1. The Morgan fingerprint density at radius 1 is 1.39 bits per heavy atom. The maximum absolute atomic E-state index is 12.8. The lowest BCUT2D eigenvalue weighted by atomic mass is 9.87. The molecule has 0 saturated heterocycles. The van der Waals surface area contributed by atoms with Crippen LogP contribution >= 0.6 is 0 Å². The van der Waals surface area contributed by atoms with Crippen molar-refractivity contribution >= 4 is 5.91 Å². The molecule has 1 saturated carbocycles. The summed E-state index contributed by atoms with van der Waals surface area (Å²) in [6, 6.07) is 5.79. The van der Waals surface area contributed by atoms with Crippen molar-refractivity contribution in [2.45, 2.75) is 58.4 Å². The molecule has 1 unspecified atom stereocenters. The predicted molar refractivity (Wildman–Crippen MR) is 91.7 cm³/mol. The highest BCUT2D eigenvalue weighted by atomic mass is 16.5. The molecule has 2 N–H and O–H groups in total. The highest BCUT2D eigenvalue weighted by Crippen LogP contribution is 2.49. The van der Waals surface area contributed by atoms with Crippen molar-refractivity contribution in [2.24, 2.45) is 5.41 Å². The Balaban J connectivity index is 2.15. The predicted octanol–water partition coefficient (Wildman–Crippen LogP) is 2.95. The van der Waals surface area contributed by atoms with Gasteiger partial charge in [0.15, 0.2) is 0 Å². The maximum Gasteiger partial charge on any atom is 0.230 e. The molecule has 0 bridgehead atoms. The van der Waals surface area contributed by atoms with Gasteiger partial charge in [-0.05, 0) is 48.8 Å². The Morgan fingerprint density at radius 2 is 2.04 bits per heavy atom. The van der Waals surface area contributed by atoms with E-state index in [2.05, 4.69) is 26.1 Å². The van der Waals surface area contributed by atoms with Crippen LogP contribution in [0.3, 0.4) is 0 Å². The third-order valence-electron chi connectivity index (χ3n) is 4.56. The summed E-state index contributed by atoms with van der Waals surface area (Å²) in [6.45, 7) is 8.29. The molecule has 23 heavy (non-hydrogen) atoms. The van der Waals surface area contributed by atoms with Crippen molar-refractivity contribution in [1.82, 2.24) is 5.32 Å². The number of benzene rings is 1. The summed E-state index contributed by atoms with van der Waals surface area (Å²) < 4.78 is 5.38. The van der Waals surface area contributed by atoms with Crippen molar-refractivity contribution in [3.8, 4) is 5.75 Å². The number of hydrogen-bond acceptors (Lipinski definition) is 3. The molecule has 1 aliphatic carbocycles. The van der Waals surface area contributed by atoms with Crippen LogP contribution in [0.5, 0.6) is 5.75 Å². The summed E-state index contributed by atoms with van der Waals surface area (Å²) in [6.07, 6.45) is 2.44. The zero-order valence-electron chi connectivity index (χ0n) is 14.9. The van der Waals surface area contributed by atoms with E-state index in [0.29, 0.717) is 0 Å². The van der Waals surface area contributed by atoms with E-state index in [0.717, 1.165) is 36.1 Å². The number of nitrogens with one attached hydrogen (secondary N) is 1. The SMILES string of the molecule is COc1cc(C2(C(=O)NC(CO)CC(C)(C)C)CC2)ccc1C. The molecule has 1 amide bonds. The van der Waals surface area contributed by atoms with Crippen LogP contribution in [-0.2, 0) is 10.2 Å². The van der Waals surface area contributed by atoms with E-state index in [-0.39, 0.29) is 24.0 Å². The average molecular weight is 319 g/mol. The Labute approximate surface area is 139 Å². The summed E-state index contributed by atoms with van der Waals surface area (Å²) in [4.78, 5) is 12.8. The quantitative estimate of drug-likeness (QED) is 0.847. The van der Waals surface area contributed by atoms with E-state index in [9.17, 15) is 9.90 Å². The van der Waals surface area contributed by atoms with Crippen LogP contribution in [0.25, 0.3) is 0 Å². The van der Waals surface area contributed by atoms with Gasteiger partial charge >= 0.3 is 0 Å². The monoisotopic (exact) mass is 319 g/mol. The normalized spacial score (nSPS) is 17.5. The minimum atomic E-state index is -0.452. The Morgan fingerprint density at radius 3 is 2.52 bits per heavy atom. The van der Waals surface area contributed by atoms with Crippen molar-refractivity contribution in [2.75, 3.05) is 13.7 Å². The Bertz CT molecular complexity index is 570. The molecule has 128 valence electrons. The van der Waals surface area contributed by atoms with Crippen molar-refractivity contribution in [3.05, 3.63) is 29.3 Å². The molecule has 1 fully saturated rings. The van der Waals surface area contributed by atoms with Gasteiger partial charge in [-0.3, -0.25) is 4.79 Å². The van der Waals surface area contributed by atoms with E-state index in [1.165, 1.54) is 0 Å². The number of aliphatic hydroxyl groups is 1. The number of carbonyl (C=O) groups is 1. The van der Waals surface area contributed by atoms with Gasteiger partial charge in [0, 0.05) is 0 Å². The number of ether oxygens (including phenoxy) is 1. The summed E-state index contributed by atoms with van der Waals surface area (Å²) >= 11 is 0. The summed E-state index contributed by atoms with van der Waals surface area (Å²) in [7, 11) is 1.65. The van der Waals surface area contributed by atoms with Crippen LogP contribution in [0, 0.1) is 12.3 Å². The van der Waals surface area contributed by atoms with Gasteiger partial charge < -0.3 is 15.2 Å². The van der Waals surface area contributed by atoms with E-state index in [4.69, 9.17) is 4.74 Å². The molecule has 0 aliphatic heterocycles. The first kappa shape index (κ1) is 17.8. The average Bonchev–Trinajstić information content (AvgIpc) is 3.27. The first-order valence-electron chi connectivity index (χ1n) is 8.29. The number of hydrogen-bond donors (Lipinski definition) is 2.